The number of halogens is 3. The number of hydrogen-bond acceptors (Lipinski definition) is 4. The van der Waals surface area contributed by atoms with Gasteiger partial charge in [-0.3, -0.25) is 9.52 Å². The van der Waals surface area contributed by atoms with E-state index in [1.165, 1.54) is 6.07 Å². The maximum absolute atomic E-state index is 13.3. The molecule has 5 rings (SSSR count). The van der Waals surface area contributed by atoms with Crippen LogP contribution in [0.15, 0.2) is 108 Å². The third-order valence-corrected chi connectivity index (χ3v) is 7.14. The predicted molar refractivity (Wildman–Crippen MR) is 142 cm³/mol. The molecule has 11 heteroatoms. The van der Waals surface area contributed by atoms with Gasteiger partial charge in [-0.2, -0.15) is 0 Å². The summed E-state index contributed by atoms with van der Waals surface area (Å²) in [6.07, 6.45) is -4.89. The minimum absolute atomic E-state index is 0.198. The molecule has 0 saturated carbocycles. The summed E-state index contributed by atoms with van der Waals surface area (Å²) in [4.78, 5) is 16.1. The highest BCUT2D eigenvalue weighted by molar-refractivity contribution is 7.92. The van der Waals surface area contributed by atoms with Crippen LogP contribution < -0.4 is 14.8 Å². The lowest BCUT2D eigenvalue weighted by molar-refractivity contribution is -0.274. The first kappa shape index (κ1) is 25.9. The number of H-pyrrole nitrogens is 1. The van der Waals surface area contributed by atoms with Crippen molar-refractivity contribution in [3.63, 3.8) is 0 Å². The van der Waals surface area contributed by atoms with Gasteiger partial charge in [0.2, 0.25) is 0 Å². The van der Waals surface area contributed by atoms with Crippen LogP contribution in [0.25, 0.3) is 22.0 Å². The van der Waals surface area contributed by atoms with E-state index in [0.29, 0.717) is 27.8 Å². The molecule has 0 spiro atoms. The number of amides is 1. The van der Waals surface area contributed by atoms with Crippen LogP contribution in [0.4, 0.5) is 24.5 Å². The van der Waals surface area contributed by atoms with E-state index < -0.39 is 22.1 Å². The Hall–Kier alpha value is -4.77. The highest BCUT2D eigenvalue weighted by Crippen LogP contribution is 2.35. The van der Waals surface area contributed by atoms with E-state index in [4.69, 9.17) is 0 Å². The number of hydrogen-bond donors (Lipinski definition) is 3. The largest absolute Gasteiger partial charge is 0.573 e. The molecule has 0 saturated heterocycles. The van der Waals surface area contributed by atoms with Gasteiger partial charge in [-0.1, -0.05) is 48.5 Å². The molecule has 0 bridgehead atoms. The van der Waals surface area contributed by atoms with Gasteiger partial charge in [0.05, 0.1) is 4.90 Å². The zero-order chi connectivity index (χ0) is 27.6. The molecule has 39 heavy (non-hydrogen) atoms. The van der Waals surface area contributed by atoms with Gasteiger partial charge in [0.15, 0.2) is 0 Å². The Morgan fingerprint density at radius 1 is 0.795 bits per heavy atom. The number of aromatic nitrogens is 1. The lowest BCUT2D eigenvalue weighted by Gasteiger charge is -2.11. The number of para-hydroxylation sites is 1. The molecule has 0 unspecified atom stereocenters. The molecular formula is C28H20F3N3O4S. The molecule has 1 aromatic heterocycles. The Morgan fingerprint density at radius 3 is 2.08 bits per heavy atom. The Bertz CT molecular complexity index is 1740. The first-order chi connectivity index (χ1) is 18.6. The van der Waals surface area contributed by atoms with Gasteiger partial charge in [0.25, 0.3) is 15.9 Å². The maximum atomic E-state index is 13.3. The number of nitrogens with one attached hydrogen (secondary N) is 3. The monoisotopic (exact) mass is 551 g/mol. The Morgan fingerprint density at radius 2 is 1.44 bits per heavy atom. The first-order valence-corrected chi connectivity index (χ1v) is 13.0. The van der Waals surface area contributed by atoms with Gasteiger partial charge in [0, 0.05) is 27.8 Å². The number of rotatable bonds is 7. The third-order valence-electron chi connectivity index (χ3n) is 5.74. The minimum atomic E-state index is -4.89. The van der Waals surface area contributed by atoms with Crippen molar-refractivity contribution >= 4 is 38.2 Å². The summed E-state index contributed by atoms with van der Waals surface area (Å²) < 4.78 is 69.4. The average molecular weight is 552 g/mol. The second kappa shape index (κ2) is 10.2. The zero-order valence-corrected chi connectivity index (χ0v) is 20.8. The predicted octanol–water partition coefficient (Wildman–Crippen LogP) is 6.79. The van der Waals surface area contributed by atoms with Gasteiger partial charge in [-0.15, -0.1) is 13.2 Å². The van der Waals surface area contributed by atoms with E-state index >= 15 is 0 Å². The summed E-state index contributed by atoms with van der Waals surface area (Å²) >= 11 is 0. The number of ether oxygens (including phenoxy) is 1. The van der Waals surface area contributed by atoms with Crippen molar-refractivity contribution in [1.29, 1.82) is 0 Å². The van der Waals surface area contributed by atoms with Crippen LogP contribution in [-0.2, 0) is 10.0 Å². The third kappa shape index (κ3) is 5.88. The van der Waals surface area contributed by atoms with Crippen molar-refractivity contribution in [3.8, 4) is 16.9 Å². The summed E-state index contributed by atoms with van der Waals surface area (Å²) in [5, 5.41) is 3.45. The van der Waals surface area contributed by atoms with Crippen LogP contribution in [0.5, 0.6) is 5.75 Å². The maximum Gasteiger partial charge on any atom is 0.573 e. The van der Waals surface area contributed by atoms with Crippen molar-refractivity contribution in [3.05, 3.63) is 109 Å². The van der Waals surface area contributed by atoms with Crippen molar-refractivity contribution < 1.29 is 31.1 Å². The number of alkyl halides is 3. The van der Waals surface area contributed by atoms with Crippen molar-refractivity contribution in [2.45, 2.75) is 11.3 Å². The number of benzene rings is 4. The number of aromatic amines is 1. The van der Waals surface area contributed by atoms with Crippen molar-refractivity contribution in [1.82, 2.24) is 4.98 Å². The smallest absolute Gasteiger partial charge is 0.406 e. The van der Waals surface area contributed by atoms with Gasteiger partial charge in [-0.25, -0.2) is 8.42 Å². The number of carbonyl (C=O) groups excluding carboxylic acids is 1. The van der Waals surface area contributed by atoms with E-state index in [9.17, 15) is 26.4 Å². The summed E-state index contributed by atoms with van der Waals surface area (Å²) in [5.74, 6) is -0.913. The lowest BCUT2D eigenvalue weighted by Crippen LogP contribution is -2.17. The highest BCUT2D eigenvalue weighted by atomic mass is 32.2. The van der Waals surface area contributed by atoms with Crippen LogP contribution >= 0.6 is 0 Å². The molecule has 198 valence electrons. The molecule has 0 aliphatic rings. The van der Waals surface area contributed by atoms with E-state index in [2.05, 4.69) is 19.8 Å². The van der Waals surface area contributed by atoms with Crippen molar-refractivity contribution in [2.75, 3.05) is 10.0 Å². The molecule has 0 radical (unpaired) electrons. The topological polar surface area (TPSA) is 100 Å². The summed E-state index contributed by atoms with van der Waals surface area (Å²) in [7, 11) is -4.15. The molecular weight excluding hydrogens is 531 g/mol. The summed E-state index contributed by atoms with van der Waals surface area (Å²) in [5.41, 5.74) is 3.02. The van der Waals surface area contributed by atoms with Crippen LogP contribution in [0.2, 0.25) is 0 Å². The molecule has 3 N–H and O–H groups in total. The standard InChI is InChI=1S/C28H20F3N3O4S/c29-28(30,31)38-21-12-14-22(15-13-21)39(36,37)34-20-11-16-24-23(17-20)25(18-7-3-1-4-8-18)26(33-24)27(35)32-19-9-5-2-6-10-19/h1-17,33-34H,(H,32,35). The van der Waals surface area contributed by atoms with Crippen molar-refractivity contribution in [2.24, 2.45) is 0 Å². The quantitative estimate of drug-likeness (QED) is 0.207. The van der Waals surface area contributed by atoms with E-state index in [1.54, 1.807) is 36.4 Å². The molecule has 1 amide bonds. The second-order valence-corrected chi connectivity index (χ2v) is 10.1. The van der Waals surface area contributed by atoms with E-state index in [-0.39, 0.29) is 16.5 Å². The fourth-order valence-electron chi connectivity index (χ4n) is 4.08. The Kier molecular flexibility index (Phi) is 6.75. The van der Waals surface area contributed by atoms with E-state index in [0.717, 1.165) is 29.8 Å². The molecule has 7 nitrogen and oxygen atoms in total. The summed E-state index contributed by atoms with van der Waals surface area (Å²) in [6, 6.07) is 26.7. The molecule has 4 aromatic carbocycles. The number of anilines is 2. The van der Waals surface area contributed by atoms with Crippen LogP contribution in [0.3, 0.4) is 0 Å². The molecule has 0 fully saturated rings. The Balaban J connectivity index is 1.50. The Labute approximate surface area is 221 Å². The van der Waals surface area contributed by atoms with E-state index in [1.807, 2.05) is 36.4 Å². The van der Waals surface area contributed by atoms with Crippen LogP contribution in [0.1, 0.15) is 10.5 Å². The van der Waals surface area contributed by atoms with Gasteiger partial charge < -0.3 is 15.0 Å². The fraction of sp³-hybridized carbons (Fsp3) is 0.0357. The number of sulfonamides is 1. The molecule has 5 aromatic rings. The lowest BCUT2D eigenvalue weighted by atomic mass is 10.0. The number of fused-ring (bicyclic) bond motifs is 1. The molecule has 1 heterocycles. The van der Waals surface area contributed by atoms with Gasteiger partial charge in [-0.05, 0) is 60.2 Å². The SMILES string of the molecule is O=C(Nc1ccccc1)c1[nH]c2ccc(NS(=O)(=O)c3ccc(OC(F)(F)F)cc3)cc2c1-c1ccccc1. The van der Waals surface area contributed by atoms with Crippen LogP contribution in [-0.4, -0.2) is 25.7 Å². The molecule has 0 aliphatic heterocycles. The van der Waals surface area contributed by atoms with Gasteiger partial charge in [0.1, 0.15) is 11.4 Å². The second-order valence-electron chi connectivity index (χ2n) is 8.45. The first-order valence-electron chi connectivity index (χ1n) is 11.6. The molecule has 0 atom stereocenters. The zero-order valence-electron chi connectivity index (χ0n) is 20.0. The summed E-state index contributed by atoms with van der Waals surface area (Å²) in [6.45, 7) is 0. The number of carbonyl (C=O) groups is 1. The molecule has 0 aliphatic carbocycles. The normalized spacial score (nSPS) is 11.8. The fourth-order valence-corrected chi connectivity index (χ4v) is 5.13. The van der Waals surface area contributed by atoms with Crippen LogP contribution in [0, 0.1) is 0 Å². The highest BCUT2D eigenvalue weighted by Gasteiger charge is 2.31. The minimum Gasteiger partial charge on any atom is -0.406 e. The average Bonchev–Trinajstić information content (AvgIpc) is 3.28. The van der Waals surface area contributed by atoms with Gasteiger partial charge >= 0.3 is 6.36 Å².